The molecule has 2 rings (SSSR count). The van der Waals surface area contributed by atoms with E-state index in [1.165, 1.54) is 16.8 Å². The van der Waals surface area contributed by atoms with Crippen LogP contribution in [0.3, 0.4) is 0 Å². The molecule has 1 saturated heterocycles. The fourth-order valence-electron chi connectivity index (χ4n) is 2.71. The zero-order valence-corrected chi connectivity index (χ0v) is 11.6. The number of rotatable bonds is 4. The molecule has 100 valence electrons. The van der Waals surface area contributed by atoms with Gasteiger partial charge in [-0.15, -0.1) is 0 Å². The molecule has 1 heterocycles. The highest BCUT2D eigenvalue weighted by molar-refractivity contribution is 5.50. The molecule has 0 amide bonds. The lowest BCUT2D eigenvalue weighted by Crippen LogP contribution is -2.39. The Morgan fingerprint density at radius 3 is 2.44 bits per heavy atom. The van der Waals surface area contributed by atoms with Gasteiger partial charge in [0, 0.05) is 31.3 Å². The molecule has 18 heavy (non-hydrogen) atoms. The molecule has 0 spiro atoms. The quantitative estimate of drug-likeness (QED) is 0.887. The number of hydrogen-bond donors (Lipinski definition) is 1. The standard InChI is InChI=1S/C15H23NO2/c1-12-6-13(2)8-14(7-12)16(3)9-15(10-17)4-5-18-11-15/h6-8,17H,4-5,9-11H2,1-3H3. The minimum absolute atomic E-state index is 0.0909. The van der Waals surface area contributed by atoms with E-state index in [0.717, 1.165) is 19.6 Å². The summed E-state index contributed by atoms with van der Waals surface area (Å²) in [6.45, 7) is 6.70. The van der Waals surface area contributed by atoms with E-state index in [1.807, 2.05) is 0 Å². The van der Waals surface area contributed by atoms with Gasteiger partial charge < -0.3 is 14.7 Å². The van der Waals surface area contributed by atoms with E-state index in [-0.39, 0.29) is 12.0 Å². The monoisotopic (exact) mass is 249 g/mol. The van der Waals surface area contributed by atoms with Crippen molar-refractivity contribution in [3.8, 4) is 0 Å². The van der Waals surface area contributed by atoms with Crippen molar-refractivity contribution in [2.45, 2.75) is 20.3 Å². The summed E-state index contributed by atoms with van der Waals surface area (Å²) in [6.07, 6.45) is 0.943. The Bertz CT molecular complexity index is 391. The van der Waals surface area contributed by atoms with Crippen LogP contribution < -0.4 is 4.90 Å². The second kappa shape index (κ2) is 5.29. The summed E-state index contributed by atoms with van der Waals surface area (Å²) in [5, 5.41) is 9.61. The van der Waals surface area contributed by atoms with Gasteiger partial charge in [-0.1, -0.05) is 6.07 Å². The van der Waals surface area contributed by atoms with Crippen LogP contribution in [0.15, 0.2) is 18.2 Å². The van der Waals surface area contributed by atoms with Gasteiger partial charge in [-0.2, -0.15) is 0 Å². The van der Waals surface area contributed by atoms with Crippen LogP contribution in [-0.4, -0.2) is 38.5 Å². The van der Waals surface area contributed by atoms with Crippen molar-refractivity contribution in [3.63, 3.8) is 0 Å². The van der Waals surface area contributed by atoms with Crippen LogP contribution in [0.25, 0.3) is 0 Å². The third-order valence-corrected chi connectivity index (χ3v) is 3.74. The van der Waals surface area contributed by atoms with E-state index < -0.39 is 0 Å². The van der Waals surface area contributed by atoms with E-state index >= 15 is 0 Å². The maximum absolute atomic E-state index is 9.61. The molecule has 3 heteroatoms. The zero-order chi connectivity index (χ0) is 13.2. The van der Waals surface area contributed by atoms with Gasteiger partial charge in [0.05, 0.1) is 13.2 Å². The maximum Gasteiger partial charge on any atom is 0.0562 e. The van der Waals surface area contributed by atoms with Crippen molar-refractivity contribution >= 4 is 5.69 Å². The van der Waals surface area contributed by atoms with Crippen LogP contribution in [-0.2, 0) is 4.74 Å². The summed E-state index contributed by atoms with van der Waals surface area (Å²) >= 11 is 0. The minimum Gasteiger partial charge on any atom is -0.396 e. The third kappa shape index (κ3) is 2.85. The third-order valence-electron chi connectivity index (χ3n) is 3.74. The average molecular weight is 249 g/mol. The van der Waals surface area contributed by atoms with Crippen molar-refractivity contribution in [2.24, 2.45) is 5.41 Å². The SMILES string of the molecule is Cc1cc(C)cc(N(C)CC2(CO)CCOC2)c1. The smallest absolute Gasteiger partial charge is 0.0562 e. The number of hydrogen-bond acceptors (Lipinski definition) is 3. The molecule has 3 nitrogen and oxygen atoms in total. The summed E-state index contributed by atoms with van der Waals surface area (Å²) in [4.78, 5) is 2.23. The highest BCUT2D eigenvalue weighted by atomic mass is 16.5. The van der Waals surface area contributed by atoms with E-state index in [4.69, 9.17) is 4.74 Å². The number of benzene rings is 1. The number of anilines is 1. The molecule has 1 unspecified atom stereocenters. The summed E-state index contributed by atoms with van der Waals surface area (Å²) in [7, 11) is 2.09. The van der Waals surface area contributed by atoms with Gasteiger partial charge in [0.25, 0.3) is 0 Å². The molecule has 0 aliphatic carbocycles. The Morgan fingerprint density at radius 1 is 1.28 bits per heavy atom. The first kappa shape index (κ1) is 13.4. The second-order valence-corrected chi connectivity index (χ2v) is 5.66. The first-order valence-electron chi connectivity index (χ1n) is 6.53. The van der Waals surface area contributed by atoms with Gasteiger partial charge >= 0.3 is 0 Å². The average Bonchev–Trinajstić information content (AvgIpc) is 2.77. The first-order valence-corrected chi connectivity index (χ1v) is 6.53. The highest BCUT2D eigenvalue weighted by Gasteiger charge is 2.35. The van der Waals surface area contributed by atoms with Crippen molar-refractivity contribution in [1.29, 1.82) is 0 Å². The number of aryl methyl sites for hydroxylation is 2. The van der Waals surface area contributed by atoms with Crippen molar-refractivity contribution in [2.75, 3.05) is 38.3 Å². The van der Waals surface area contributed by atoms with Crippen molar-refractivity contribution < 1.29 is 9.84 Å². The van der Waals surface area contributed by atoms with E-state index in [2.05, 4.69) is 44.0 Å². The Labute approximate surface area is 109 Å². The summed E-state index contributed by atoms with van der Waals surface area (Å²) in [5.74, 6) is 0. The Kier molecular flexibility index (Phi) is 3.93. The fraction of sp³-hybridized carbons (Fsp3) is 0.600. The molecule has 1 aromatic rings. The van der Waals surface area contributed by atoms with Crippen LogP contribution in [0.4, 0.5) is 5.69 Å². The molecule has 1 aliphatic rings. The Hall–Kier alpha value is -1.06. The first-order chi connectivity index (χ1) is 8.54. The molecular weight excluding hydrogens is 226 g/mol. The van der Waals surface area contributed by atoms with Gasteiger partial charge in [0.2, 0.25) is 0 Å². The summed E-state index contributed by atoms with van der Waals surface area (Å²) in [6, 6.07) is 6.56. The molecular formula is C15H23NO2. The summed E-state index contributed by atoms with van der Waals surface area (Å²) in [5.41, 5.74) is 3.68. The topological polar surface area (TPSA) is 32.7 Å². The van der Waals surface area contributed by atoms with Crippen LogP contribution in [0.5, 0.6) is 0 Å². The van der Waals surface area contributed by atoms with Crippen LogP contribution >= 0.6 is 0 Å². The second-order valence-electron chi connectivity index (χ2n) is 5.66. The van der Waals surface area contributed by atoms with Crippen LogP contribution in [0, 0.1) is 19.3 Å². The van der Waals surface area contributed by atoms with Crippen LogP contribution in [0.2, 0.25) is 0 Å². The highest BCUT2D eigenvalue weighted by Crippen LogP contribution is 2.30. The minimum atomic E-state index is -0.0909. The van der Waals surface area contributed by atoms with Gasteiger partial charge in [0.1, 0.15) is 0 Å². The lowest BCUT2D eigenvalue weighted by molar-refractivity contribution is 0.0986. The predicted molar refractivity (Wildman–Crippen MR) is 74.1 cm³/mol. The molecule has 1 fully saturated rings. The Morgan fingerprint density at radius 2 is 1.94 bits per heavy atom. The number of aliphatic hydroxyl groups is 1. The van der Waals surface area contributed by atoms with Crippen molar-refractivity contribution in [3.05, 3.63) is 29.3 Å². The van der Waals surface area contributed by atoms with Gasteiger partial charge in [0.15, 0.2) is 0 Å². The molecule has 0 saturated carbocycles. The van der Waals surface area contributed by atoms with E-state index in [0.29, 0.717) is 6.61 Å². The lowest BCUT2D eigenvalue weighted by Gasteiger charge is -2.32. The zero-order valence-electron chi connectivity index (χ0n) is 11.6. The molecule has 1 aromatic carbocycles. The number of ether oxygens (including phenoxy) is 1. The normalized spacial score (nSPS) is 23.3. The largest absolute Gasteiger partial charge is 0.396 e. The fourth-order valence-corrected chi connectivity index (χ4v) is 2.71. The molecule has 1 N–H and O–H groups in total. The van der Waals surface area contributed by atoms with Gasteiger partial charge in [-0.25, -0.2) is 0 Å². The van der Waals surface area contributed by atoms with Gasteiger partial charge in [-0.3, -0.25) is 0 Å². The Balaban J connectivity index is 2.13. The molecule has 1 aliphatic heterocycles. The lowest BCUT2D eigenvalue weighted by atomic mass is 9.87. The van der Waals surface area contributed by atoms with Gasteiger partial charge in [-0.05, 0) is 43.5 Å². The maximum atomic E-state index is 9.61. The van der Waals surface area contributed by atoms with E-state index in [1.54, 1.807) is 0 Å². The van der Waals surface area contributed by atoms with E-state index in [9.17, 15) is 5.11 Å². The molecule has 1 atom stereocenters. The molecule has 0 bridgehead atoms. The molecule has 0 radical (unpaired) electrons. The van der Waals surface area contributed by atoms with Crippen molar-refractivity contribution in [1.82, 2.24) is 0 Å². The summed E-state index contributed by atoms with van der Waals surface area (Å²) < 4.78 is 5.45. The number of aliphatic hydroxyl groups excluding tert-OH is 1. The predicted octanol–water partition coefficient (Wildman–Crippen LogP) is 2.14. The van der Waals surface area contributed by atoms with Crippen LogP contribution in [0.1, 0.15) is 17.5 Å². The molecule has 0 aromatic heterocycles. The number of nitrogens with zero attached hydrogens (tertiary/aromatic N) is 1.